The summed E-state index contributed by atoms with van der Waals surface area (Å²) in [6, 6.07) is -1.23. The third-order valence-corrected chi connectivity index (χ3v) is 3.66. The van der Waals surface area contributed by atoms with Gasteiger partial charge in [0.2, 0.25) is 0 Å². The van der Waals surface area contributed by atoms with E-state index in [4.69, 9.17) is 5.11 Å². The van der Waals surface area contributed by atoms with Crippen molar-refractivity contribution in [3.8, 4) is 0 Å². The molecule has 5 nitrogen and oxygen atoms in total. The van der Waals surface area contributed by atoms with E-state index in [1.807, 2.05) is 27.0 Å². The summed E-state index contributed by atoms with van der Waals surface area (Å²) >= 11 is 1.65. The van der Waals surface area contributed by atoms with Crippen LogP contribution in [-0.2, 0) is 4.79 Å². The Balaban J connectivity index is 4.11. The molecule has 0 spiro atoms. The number of carbonyl (C=O) groups is 2. The number of urea groups is 1. The minimum Gasteiger partial charge on any atom is -0.480 e. The molecule has 0 aromatic rings. The fourth-order valence-corrected chi connectivity index (χ4v) is 1.34. The SMILES string of the molecule is CCC[C@@H](NC(=O)NCC(C)(C)SC)C(=O)O. The maximum atomic E-state index is 11.5. The van der Waals surface area contributed by atoms with Gasteiger partial charge in [-0.25, -0.2) is 9.59 Å². The zero-order valence-corrected chi connectivity index (χ0v) is 11.7. The molecule has 1 atom stereocenters. The molecule has 0 bridgehead atoms. The van der Waals surface area contributed by atoms with E-state index in [1.165, 1.54) is 0 Å². The molecule has 0 radical (unpaired) electrons. The van der Waals surface area contributed by atoms with Crippen LogP contribution in [0.4, 0.5) is 4.79 Å². The molecule has 0 saturated heterocycles. The maximum absolute atomic E-state index is 11.5. The highest BCUT2D eigenvalue weighted by molar-refractivity contribution is 7.99. The van der Waals surface area contributed by atoms with Crippen LogP contribution in [0, 0.1) is 0 Å². The topological polar surface area (TPSA) is 78.4 Å². The molecule has 0 aromatic carbocycles. The Hall–Kier alpha value is -0.910. The summed E-state index contributed by atoms with van der Waals surface area (Å²) in [6.07, 6.45) is 3.12. The number of nitrogens with one attached hydrogen (secondary N) is 2. The summed E-state index contributed by atoms with van der Waals surface area (Å²) in [4.78, 5) is 22.3. The summed E-state index contributed by atoms with van der Waals surface area (Å²) in [6.45, 7) is 6.40. The molecule has 2 amide bonds. The van der Waals surface area contributed by atoms with Crippen molar-refractivity contribution in [1.29, 1.82) is 0 Å². The van der Waals surface area contributed by atoms with Gasteiger partial charge in [-0.1, -0.05) is 13.3 Å². The van der Waals surface area contributed by atoms with Crippen LogP contribution in [0.3, 0.4) is 0 Å². The first-order chi connectivity index (χ1) is 7.82. The van der Waals surface area contributed by atoms with Gasteiger partial charge >= 0.3 is 12.0 Å². The molecule has 0 aliphatic carbocycles. The molecule has 0 aliphatic rings. The highest BCUT2D eigenvalue weighted by Crippen LogP contribution is 2.19. The first kappa shape index (κ1) is 16.1. The monoisotopic (exact) mass is 262 g/mol. The molecule has 0 heterocycles. The molecule has 0 aliphatic heterocycles. The number of hydrogen-bond acceptors (Lipinski definition) is 3. The Labute approximate surface area is 107 Å². The average Bonchev–Trinajstić information content (AvgIpc) is 2.26. The number of carbonyl (C=O) groups excluding carboxylic acids is 1. The van der Waals surface area contributed by atoms with Crippen LogP contribution in [0.2, 0.25) is 0 Å². The van der Waals surface area contributed by atoms with E-state index in [2.05, 4.69) is 10.6 Å². The number of carboxylic acid groups (broad SMARTS) is 1. The standard InChI is InChI=1S/C11H22N2O3S/c1-5-6-8(9(14)15)13-10(16)12-7-11(2,3)17-4/h8H,5-7H2,1-4H3,(H,14,15)(H2,12,13,16)/t8-/m1/s1. The molecule has 0 aromatic heterocycles. The van der Waals surface area contributed by atoms with Crippen molar-refractivity contribution in [2.75, 3.05) is 12.8 Å². The van der Waals surface area contributed by atoms with Gasteiger partial charge in [0.15, 0.2) is 0 Å². The van der Waals surface area contributed by atoms with Crippen LogP contribution in [0.5, 0.6) is 0 Å². The lowest BCUT2D eigenvalue weighted by molar-refractivity contribution is -0.139. The molecule has 3 N–H and O–H groups in total. The highest BCUT2D eigenvalue weighted by atomic mass is 32.2. The van der Waals surface area contributed by atoms with E-state index in [0.717, 1.165) is 0 Å². The lowest BCUT2D eigenvalue weighted by atomic mass is 10.2. The molecular formula is C11H22N2O3S. The van der Waals surface area contributed by atoms with Gasteiger partial charge in [0.1, 0.15) is 6.04 Å². The Bertz CT molecular complexity index is 269. The predicted molar refractivity (Wildman–Crippen MR) is 70.5 cm³/mol. The fourth-order valence-electron chi connectivity index (χ4n) is 1.12. The molecule has 0 fully saturated rings. The Morgan fingerprint density at radius 1 is 1.41 bits per heavy atom. The minimum atomic E-state index is -0.994. The Kier molecular flexibility index (Phi) is 7.03. The van der Waals surface area contributed by atoms with Crippen molar-refractivity contribution in [3.05, 3.63) is 0 Å². The van der Waals surface area contributed by atoms with Crippen LogP contribution >= 0.6 is 11.8 Å². The van der Waals surface area contributed by atoms with Gasteiger partial charge < -0.3 is 15.7 Å². The van der Waals surface area contributed by atoms with Crippen molar-refractivity contribution in [1.82, 2.24) is 10.6 Å². The number of rotatable bonds is 7. The summed E-state index contributed by atoms with van der Waals surface area (Å²) in [5.74, 6) is -0.994. The maximum Gasteiger partial charge on any atom is 0.326 e. The van der Waals surface area contributed by atoms with Gasteiger partial charge in [0.25, 0.3) is 0 Å². The number of thioether (sulfide) groups is 1. The van der Waals surface area contributed by atoms with E-state index in [0.29, 0.717) is 19.4 Å². The molecule has 17 heavy (non-hydrogen) atoms. The lowest BCUT2D eigenvalue weighted by Gasteiger charge is -2.23. The van der Waals surface area contributed by atoms with Crippen LogP contribution < -0.4 is 10.6 Å². The second-order valence-electron chi connectivity index (χ2n) is 4.47. The summed E-state index contributed by atoms with van der Waals surface area (Å²) in [5.41, 5.74) is 0. The van der Waals surface area contributed by atoms with Gasteiger partial charge in [-0.3, -0.25) is 0 Å². The largest absolute Gasteiger partial charge is 0.480 e. The summed E-state index contributed by atoms with van der Waals surface area (Å²) < 4.78 is -0.0547. The van der Waals surface area contributed by atoms with Crippen LogP contribution in [0.1, 0.15) is 33.6 Å². The number of amides is 2. The first-order valence-electron chi connectivity index (χ1n) is 5.64. The van der Waals surface area contributed by atoms with Crippen LogP contribution in [0.15, 0.2) is 0 Å². The summed E-state index contributed by atoms with van der Waals surface area (Å²) in [7, 11) is 0. The van der Waals surface area contributed by atoms with Crippen molar-refractivity contribution in [3.63, 3.8) is 0 Å². The second kappa shape index (κ2) is 7.42. The minimum absolute atomic E-state index is 0.0547. The molecule has 6 heteroatoms. The van der Waals surface area contributed by atoms with Gasteiger partial charge in [-0.2, -0.15) is 11.8 Å². The third-order valence-electron chi connectivity index (χ3n) is 2.41. The number of carboxylic acids is 1. The van der Waals surface area contributed by atoms with Crippen molar-refractivity contribution >= 4 is 23.8 Å². The van der Waals surface area contributed by atoms with E-state index < -0.39 is 18.0 Å². The molecule has 0 unspecified atom stereocenters. The Morgan fingerprint density at radius 3 is 2.41 bits per heavy atom. The van der Waals surface area contributed by atoms with Crippen LogP contribution in [-0.4, -0.2) is 40.7 Å². The predicted octanol–water partition coefficient (Wildman–Crippen LogP) is 1.68. The normalized spacial score (nSPS) is 12.9. The van der Waals surface area contributed by atoms with Crippen molar-refractivity contribution in [2.24, 2.45) is 0 Å². The highest BCUT2D eigenvalue weighted by Gasteiger charge is 2.21. The van der Waals surface area contributed by atoms with Gasteiger partial charge in [0, 0.05) is 11.3 Å². The quantitative estimate of drug-likeness (QED) is 0.652. The van der Waals surface area contributed by atoms with Crippen molar-refractivity contribution < 1.29 is 14.7 Å². The van der Waals surface area contributed by atoms with Crippen LogP contribution in [0.25, 0.3) is 0 Å². The first-order valence-corrected chi connectivity index (χ1v) is 6.87. The molecule has 0 saturated carbocycles. The number of hydrogen-bond donors (Lipinski definition) is 3. The zero-order chi connectivity index (χ0) is 13.5. The summed E-state index contributed by atoms with van der Waals surface area (Å²) in [5, 5.41) is 14.0. The fraction of sp³-hybridized carbons (Fsp3) is 0.818. The smallest absolute Gasteiger partial charge is 0.326 e. The van der Waals surface area contributed by atoms with Crippen molar-refractivity contribution in [2.45, 2.75) is 44.4 Å². The second-order valence-corrected chi connectivity index (χ2v) is 5.98. The van der Waals surface area contributed by atoms with Gasteiger partial charge in [-0.05, 0) is 26.5 Å². The van der Waals surface area contributed by atoms with Gasteiger partial charge in [-0.15, -0.1) is 0 Å². The Morgan fingerprint density at radius 2 is 2.00 bits per heavy atom. The molecule has 100 valence electrons. The van der Waals surface area contributed by atoms with Gasteiger partial charge in [0.05, 0.1) is 0 Å². The lowest BCUT2D eigenvalue weighted by Crippen LogP contribution is -2.48. The average molecular weight is 262 g/mol. The van der Waals surface area contributed by atoms with E-state index in [-0.39, 0.29) is 4.75 Å². The zero-order valence-electron chi connectivity index (χ0n) is 10.9. The van der Waals surface area contributed by atoms with E-state index >= 15 is 0 Å². The number of aliphatic carboxylic acids is 1. The molecular weight excluding hydrogens is 240 g/mol. The van der Waals surface area contributed by atoms with E-state index in [1.54, 1.807) is 11.8 Å². The third kappa shape index (κ3) is 7.10. The van der Waals surface area contributed by atoms with E-state index in [9.17, 15) is 9.59 Å². The molecule has 0 rings (SSSR count).